The maximum Gasteiger partial charge on any atom is 0.347 e. The number of hydrogen-bond acceptors (Lipinski definition) is 15. The predicted octanol–water partition coefficient (Wildman–Crippen LogP) is 0.479. The quantitative estimate of drug-likeness (QED) is 0.102. The van der Waals surface area contributed by atoms with Crippen LogP contribution in [0.25, 0.3) is 11.2 Å². The minimum atomic E-state index is -2.11. The molecule has 0 aromatic carbocycles. The van der Waals surface area contributed by atoms with Gasteiger partial charge in [0.15, 0.2) is 17.7 Å². The molecule has 1 aliphatic heterocycles. The number of nitrogens with one attached hydrogen (secondary N) is 1. The van der Waals surface area contributed by atoms with E-state index >= 15 is 0 Å². The van der Waals surface area contributed by atoms with E-state index in [0.29, 0.717) is 5.69 Å². The number of aromatic nitrogens is 6. The number of esters is 4. The molecule has 3 aromatic rings. The van der Waals surface area contributed by atoms with Gasteiger partial charge in [0.05, 0.1) is 26.1 Å². The Bertz CT molecular complexity index is 1580. The summed E-state index contributed by atoms with van der Waals surface area (Å²) in [5, 5.41) is 6.29. The molecule has 4 rings (SSSR count). The van der Waals surface area contributed by atoms with Crippen LogP contribution in [0.5, 0.6) is 0 Å². The number of nitrogens with zero attached hydrogens (tertiary/aromatic N) is 5. The van der Waals surface area contributed by atoms with Crippen LogP contribution in [0.3, 0.4) is 0 Å². The van der Waals surface area contributed by atoms with Gasteiger partial charge in [-0.05, 0) is 43.4 Å². The van der Waals surface area contributed by atoms with Crippen LogP contribution in [0.2, 0.25) is 5.28 Å². The smallest absolute Gasteiger partial charge is 0.347 e. The van der Waals surface area contributed by atoms with Crippen molar-refractivity contribution in [3.05, 3.63) is 29.6 Å². The lowest BCUT2D eigenvalue weighted by atomic mass is 9.91. The number of carbonyl (C=O) groups excluding carboxylic acids is 4. The molecule has 3 N–H and O–H groups in total. The second-order valence-corrected chi connectivity index (χ2v) is 9.41. The highest BCUT2D eigenvalue weighted by Gasteiger charge is 2.62. The van der Waals surface area contributed by atoms with E-state index in [2.05, 4.69) is 37.0 Å². The Labute approximate surface area is 254 Å². The van der Waals surface area contributed by atoms with E-state index in [9.17, 15) is 19.2 Å². The molecule has 44 heavy (non-hydrogen) atoms. The predicted molar refractivity (Wildman–Crippen MR) is 147 cm³/mol. The summed E-state index contributed by atoms with van der Waals surface area (Å²) in [5.41, 5.74) is 4.39. The third kappa shape index (κ3) is 6.72. The van der Waals surface area contributed by atoms with Crippen molar-refractivity contribution in [3.8, 4) is 11.8 Å². The van der Waals surface area contributed by atoms with Crippen LogP contribution in [0.1, 0.15) is 39.6 Å². The van der Waals surface area contributed by atoms with Crippen molar-refractivity contribution >= 4 is 52.5 Å². The molecule has 1 saturated heterocycles. The fraction of sp³-hybridized carbons (Fsp3) is 0.462. The Hall–Kier alpha value is -4.79. The summed E-state index contributed by atoms with van der Waals surface area (Å²) >= 11 is 6.06. The van der Waals surface area contributed by atoms with Crippen molar-refractivity contribution in [3.63, 3.8) is 0 Å². The van der Waals surface area contributed by atoms with Crippen molar-refractivity contribution in [1.29, 1.82) is 0 Å². The molecule has 0 bridgehead atoms. The van der Waals surface area contributed by atoms with E-state index in [0.717, 1.165) is 13.8 Å². The summed E-state index contributed by atoms with van der Waals surface area (Å²) in [5.74, 6) is 1.90. The van der Waals surface area contributed by atoms with Gasteiger partial charge in [0.2, 0.25) is 17.0 Å². The van der Waals surface area contributed by atoms with Crippen LogP contribution < -0.4 is 5.73 Å². The Morgan fingerprint density at radius 1 is 1.16 bits per heavy atom. The van der Waals surface area contributed by atoms with E-state index < -0.39 is 60.6 Å². The summed E-state index contributed by atoms with van der Waals surface area (Å²) in [7, 11) is 0. The number of carbonyl (C=O) groups is 4. The fourth-order valence-corrected chi connectivity index (χ4v) is 4.58. The number of H-pyrrole nitrogens is 1. The van der Waals surface area contributed by atoms with Gasteiger partial charge in [0.25, 0.3) is 6.10 Å². The van der Waals surface area contributed by atoms with E-state index in [1.807, 2.05) is 0 Å². The number of ether oxygens (including phenoxy) is 6. The first-order valence-electron chi connectivity index (χ1n) is 13.2. The number of halogens is 1. The molecule has 17 nitrogen and oxygen atoms in total. The van der Waals surface area contributed by atoms with E-state index in [4.69, 9.17) is 45.8 Å². The van der Waals surface area contributed by atoms with E-state index in [1.54, 1.807) is 13.8 Å². The number of nitrogen functional groups attached to an aromatic ring is 1. The molecule has 0 unspecified atom stereocenters. The average molecular weight is 634 g/mol. The average Bonchev–Trinajstić information content (AvgIpc) is 3.67. The molecular formula is C26H28ClN7O10. The maximum atomic E-state index is 12.6. The highest BCUT2D eigenvalue weighted by molar-refractivity contribution is 6.28. The lowest BCUT2D eigenvalue weighted by Gasteiger charge is -2.33. The van der Waals surface area contributed by atoms with E-state index in [-0.39, 0.29) is 35.5 Å². The molecule has 0 aliphatic carbocycles. The molecule has 0 radical (unpaired) electrons. The molecule has 4 heterocycles. The number of anilines is 1. The number of hydrogen-bond donors (Lipinski definition) is 2. The standard InChI is InChI=1S/C26H28ClN7O10/c1-5-39-23(37)18(24(38)40-6-2)41-11-16-26(44-14(4)36,9-7-15-8-10-30-33-15)19(42-13(3)35)22(43-16)34-12-29-17-20(28)31-25(27)32-21(17)34/h8,10,12,16,18-19,22H,5-6,11H2,1-4H3,(H,30,33)(H2,28,31,32)/t16-,19+,22-,26-/m1/s1. The van der Waals surface area contributed by atoms with Gasteiger partial charge in [0, 0.05) is 20.0 Å². The van der Waals surface area contributed by atoms with Gasteiger partial charge in [-0.3, -0.25) is 19.3 Å². The second-order valence-electron chi connectivity index (χ2n) is 9.07. The summed E-state index contributed by atoms with van der Waals surface area (Å²) in [6, 6.07) is 1.54. The van der Waals surface area contributed by atoms with Crippen LogP contribution >= 0.6 is 11.6 Å². The highest BCUT2D eigenvalue weighted by atomic mass is 35.5. The molecule has 18 heteroatoms. The first-order valence-corrected chi connectivity index (χ1v) is 13.5. The van der Waals surface area contributed by atoms with Crippen molar-refractivity contribution in [2.75, 3.05) is 25.6 Å². The van der Waals surface area contributed by atoms with Gasteiger partial charge in [-0.1, -0.05) is 0 Å². The van der Waals surface area contributed by atoms with Gasteiger partial charge in [-0.25, -0.2) is 14.6 Å². The zero-order valence-corrected chi connectivity index (χ0v) is 24.7. The van der Waals surface area contributed by atoms with Gasteiger partial charge in [-0.2, -0.15) is 15.1 Å². The van der Waals surface area contributed by atoms with Crippen molar-refractivity contribution < 1.29 is 47.6 Å². The number of imidazole rings is 1. The minimum absolute atomic E-state index is 0.0438. The topological polar surface area (TPSA) is 222 Å². The van der Waals surface area contributed by atoms with Crippen molar-refractivity contribution in [1.82, 2.24) is 29.7 Å². The van der Waals surface area contributed by atoms with Gasteiger partial charge in [-0.15, -0.1) is 0 Å². The molecular weight excluding hydrogens is 606 g/mol. The fourth-order valence-electron chi connectivity index (χ4n) is 4.41. The summed E-state index contributed by atoms with van der Waals surface area (Å²) in [4.78, 5) is 62.6. The SMILES string of the molecule is CCOC(=O)C(OC[C@H]1O[C@@H](n2cnc3c(N)nc(Cl)nc32)[C@H](OC(C)=O)[C@]1(C#Cc1ccn[nH]1)OC(C)=O)C(=O)OCC. The third-order valence-corrected chi connectivity index (χ3v) is 6.24. The van der Waals surface area contributed by atoms with E-state index in [1.165, 1.54) is 23.2 Å². The first-order chi connectivity index (χ1) is 21.0. The third-order valence-electron chi connectivity index (χ3n) is 6.07. The second kappa shape index (κ2) is 13.7. The zero-order valence-electron chi connectivity index (χ0n) is 23.9. The number of aromatic amines is 1. The molecule has 1 aliphatic rings. The monoisotopic (exact) mass is 633 g/mol. The van der Waals surface area contributed by atoms with Crippen LogP contribution in [-0.2, 0) is 47.6 Å². The van der Waals surface area contributed by atoms with Crippen molar-refractivity contribution in [2.24, 2.45) is 0 Å². The molecule has 0 saturated carbocycles. The Morgan fingerprint density at radius 3 is 2.45 bits per heavy atom. The summed E-state index contributed by atoms with van der Waals surface area (Å²) in [6.07, 6.45) is -3.40. The number of nitrogens with two attached hydrogens (primary N) is 1. The van der Waals surface area contributed by atoms with Crippen LogP contribution in [0.4, 0.5) is 5.82 Å². The highest BCUT2D eigenvalue weighted by Crippen LogP contribution is 2.43. The lowest BCUT2D eigenvalue weighted by molar-refractivity contribution is -0.183. The zero-order chi connectivity index (χ0) is 32.0. The molecule has 1 fully saturated rings. The van der Waals surface area contributed by atoms with Crippen LogP contribution in [0, 0.1) is 11.8 Å². The Morgan fingerprint density at radius 2 is 1.86 bits per heavy atom. The molecule has 4 atom stereocenters. The minimum Gasteiger partial charge on any atom is -0.464 e. The van der Waals surface area contributed by atoms with Crippen LogP contribution in [-0.4, -0.2) is 97.3 Å². The molecule has 0 spiro atoms. The summed E-state index contributed by atoms with van der Waals surface area (Å²) in [6.45, 7) is 4.60. The van der Waals surface area contributed by atoms with Crippen molar-refractivity contribution in [2.45, 2.75) is 57.8 Å². The van der Waals surface area contributed by atoms with Crippen LogP contribution in [0.15, 0.2) is 18.6 Å². The molecule has 3 aromatic heterocycles. The van der Waals surface area contributed by atoms with Gasteiger partial charge >= 0.3 is 23.9 Å². The maximum absolute atomic E-state index is 12.6. The Kier molecular flexibility index (Phi) is 9.98. The Balaban J connectivity index is 1.87. The number of fused-ring (bicyclic) bond motifs is 1. The molecule has 234 valence electrons. The summed E-state index contributed by atoms with van der Waals surface area (Å²) < 4.78 is 34.7. The lowest BCUT2D eigenvalue weighted by Crippen LogP contribution is -2.54. The van der Waals surface area contributed by atoms with Gasteiger partial charge < -0.3 is 34.2 Å². The largest absolute Gasteiger partial charge is 0.464 e. The normalized spacial score (nSPS) is 21.0. The number of rotatable bonds is 10. The first kappa shape index (κ1) is 32.1. The molecule has 0 amide bonds. The van der Waals surface area contributed by atoms with Gasteiger partial charge in [0.1, 0.15) is 17.3 Å².